The van der Waals surface area contributed by atoms with E-state index in [0.717, 1.165) is 27.6 Å². The van der Waals surface area contributed by atoms with Crippen LogP contribution in [-0.2, 0) is 19.1 Å². The molecule has 0 saturated carbocycles. The second-order valence-corrected chi connectivity index (χ2v) is 9.43. The van der Waals surface area contributed by atoms with E-state index in [1.54, 1.807) is 35.2 Å². The SMILES string of the molecule is Cc1ccc(NC(=O)COC(=O)[C@H]2CC(=O)N(c3ccc(Oc4cccc5ccccc45)cc3)C2)cc1C. The van der Waals surface area contributed by atoms with E-state index < -0.39 is 24.4 Å². The van der Waals surface area contributed by atoms with E-state index in [9.17, 15) is 14.4 Å². The molecule has 0 radical (unpaired) electrons. The van der Waals surface area contributed by atoms with Gasteiger partial charge in [0.1, 0.15) is 11.5 Å². The van der Waals surface area contributed by atoms with Crippen molar-refractivity contribution in [3.63, 3.8) is 0 Å². The molecule has 38 heavy (non-hydrogen) atoms. The van der Waals surface area contributed by atoms with Gasteiger partial charge in [-0.1, -0.05) is 42.5 Å². The van der Waals surface area contributed by atoms with Crippen LogP contribution in [0.25, 0.3) is 10.8 Å². The summed E-state index contributed by atoms with van der Waals surface area (Å²) in [5, 5.41) is 4.83. The number of aryl methyl sites for hydroxylation is 2. The summed E-state index contributed by atoms with van der Waals surface area (Å²) in [7, 11) is 0. The second-order valence-electron chi connectivity index (χ2n) is 9.43. The number of rotatable bonds is 7. The molecule has 0 spiro atoms. The van der Waals surface area contributed by atoms with Crippen molar-refractivity contribution in [2.75, 3.05) is 23.4 Å². The zero-order chi connectivity index (χ0) is 26.6. The Hall–Kier alpha value is -4.65. The Morgan fingerprint density at radius 2 is 1.68 bits per heavy atom. The normalized spacial score (nSPS) is 14.9. The van der Waals surface area contributed by atoms with Gasteiger partial charge in [-0.15, -0.1) is 0 Å². The predicted octanol–water partition coefficient (Wildman–Crippen LogP) is 5.78. The standard InChI is InChI=1S/C31H28N2O5/c1-20-10-11-24(16-21(20)2)32-29(34)19-37-31(36)23-17-30(35)33(18-23)25-12-14-26(15-13-25)38-28-9-5-7-22-6-3-4-8-27(22)28/h3-16,23H,17-19H2,1-2H3,(H,32,34)/t23-/m0/s1. The molecule has 7 heteroatoms. The number of fused-ring (bicyclic) bond motifs is 1. The van der Waals surface area contributed by atoms with Crippen molar-refractivity contribution in [3.05, 3.63) is 96.1 Å². The number of hydrogen-bond acceptors (Lipinski definition) is 5. The summed E-state index contributed by atoms with van der Waals surface area (Å²) in [6.07, 6.45) is 0.0336. The molecule has 1 heterocycles. The van der Waals surface area contributed by atoms with Crippen molar-refractivity contribution >= 4 is 39.9 Å². The van der Waals surface area contributed by atoms with Crippen LogP contribution in [0.5, 0.6) is 11.5 Å². The summed E-state index contributed by atoms with van der Waals surface area (Å²) in [6.45, 7) is 3.74. The average molecular weight is 509 g/mol. The van der Waals surface area contributed by atoms with Gasteiger partial charge in [-0.05, 0) is 72.8 Å². The Balaban J connectivity index is 1.16. The van der Waals surface area contributed by atoms with E-state index in [-0.39, 0.29) is 18.9 Å². The second kappa shape index (κ2) is 10.8. The van der Waals surface area contributed by atoms with E-state index in [1.807, 2.05) is 68.4 Å². The van der Waals surface area contributed by atoms with Gasteiger partial charge in [-0.3, -0.25) is 14.4 Å². The minimum atomic E-state index is -0.636. The molecule has 7 nitrogen and oxygen atoms in total. The molecule has 1 aliphatic heterocycles. The maximum Gasteiger partial charge on any atom is 0.311 e. The lowest BCUT2D eigenvalue weighted by molar-refractivity contribution is -0.151. The van der Waals surface area contributed by atoms with E-state index in [0.29, 0.717) is 17.1 Å². The van der Waals surface area contributed by atoms with Gasteiger partial charge in [0.05, 0.1) is 5.92 Å². The van der Waals surface area contributed by atoms with E-state index >= 15 is 0 Å². The number of hydrogen-bond donors (Lipinski definition) is 1. The van der Waals surface area contributed by atoms with E-state index in [4.69, 9.17) is 9.47 Å². The smallest absolute Gasteiger partial charge is 0.311 e. The first-order valence-corrected chi connectivity index (χ1v) is 12.5. The summed E-state index contributed by atoms with van der Waals surface area (Å²) in [5.41, 5.74) is 3.49. The third-order valence-corrected chi connectivity index (χ3v) is 6.72. The Bertz CT molecular complexity index is 1510. The fraction of sp³-hybridized carbons (Fsp3) is 0.194. The Kier molecular flexibility index (Phi) is 7.09. The number of esters is 1. The summed E-state index contributed by atoms with van der Waals surface area (Å²) in [4.78, 5) is 39.0. The van der Waals surface area contributed by atoms with Gasteiger partial charge in [0, 0.05) is 29.7 Å². The number of carbonyl (C=O) groups is 3. The van der Waals surface area contributed by atoms with Gasteiger partial charge in [-0.2, -0.15) is 0 Å². The first-order chi connectivity index (χ1) is 18.4. The minimum Gasteiger partial charge on any atom is -0.457 e. The van der Waals surface area contributed by atoms with Gasteiger partial charge in [0.25, 0.3) is 5.91 Å². The Morgan fingerprint density at radius 3 is 2.47 bits per heavy atom. The summed E-state index contributed by atoms with van der Waals surface area (Å²) in [6, 6.07) is 26.6. The number of benzene rings is 4. The topological polar surface area (TPSA) is 84.9 Å². The quantitative estimate of drug-likeness (QED) is 0.320. The molecule has 4 aromatic rings. The van der Waals surface area contributed by atoms with Crippen LogP contribution in [0.2, 0.25) is 0 Å². The number of anilines is 2. The molecule has 1 fully saturated rings. The molecule has 1 atom stereocenters. The van der Waals surface area contributed by atoms with Gasteiger partial charge in [-0.25, -0.2) is 0 Å². The lowest BCUT2D eigenvalue weighted by Gasteiger charge is -2.17. The van der Waals surface area contributed by atoms with Crippen LogP contribution in [0.15, 0.2) is 84.9 Å². The van der Waals surface area contributed by atoms with Crippen molar-refractivity contribution in [3.8, 4) is 11.5 Å². The number of ether oxygens (including phenoxy) is 2. The highest BCUT2D eigenvalue weighted by Crippen LogP contribution is 2.32. The molecular formula is C31H28N2O5. The zero-order valence-electron chi connectivity index (χ0n) is 21.3. The largest absolute Gasteiger partial charge is 0.457 e. The molecular weight excluding hydrogens is 480 g/mol. The van der Waals surface area contributed by atoms with Crippen molar-refractivity contribution in [1.82, 2.24) is 0 Å². The van der Waals surface area contributed by atoms with E-state index in [1.165, 1.54) is 0 Å². The number of nitrogens with one attached hydrogen (secondary N) is 1. The Labute approximate surface area is 221 Å². The molecule has 4 aromatic carbocycles. The summed E-state index contributed by atoms with van der Waals surface area (Å²) < 4.78 is 11.3. The van der Waals surface area contributed by atoms with Crippen molar-refractivity contribution < 1.29 is 23.9 Å². The Morgan fingerprint density at radius 1 is 0.921 bits per heavy atom. The van der Waals surface area contributed by atoms with Crippen LogP contribution in [0.1, 0.15) is 17.5 Å². The predicted molar refractivity (Wildman–Crippen MR) is 146 cm³/mol. The monoisotopic (exact) mass is 508 g/mol. The molecule has 1 N–H and O–H groups in total. The molecule has 0 bridgehead atoms. The van der Waals surface area contributed by atoms with Crippen LogP contribution in [-0.4, -0.2) is 30.9 Å². The highest BCUT2D eigenvalue weighted by atomic mass is 16.5. The fourth-order valence-corrected chi connectivity index (χ4v) is 4.49. The molecule has 5 rings (SSSR count). The third kappa shape index (κ3) is 5.52. The van der Waals surface area contributed by atoms with Crippen molar-refractivity contribution in [2.24, 2.45) is 5.92 Å². The van der Waals surface area contributed by atoms with Gasteiger partial charge in [0.2, 0.25) is 5.91 Å². The van der Waals surface area contributed by atoms with Crippen LogP contribution in [0.4, 0.5) is 11.4 Å². The van der Waals surface area contributed by atoms with Crippen LogP contribution in [0.3, 0.4) is 0 Å². The van der Waals surface area contributed by atoms with Gasteiger partial charge < -0.3 is 19.7 Å². The van der Waals surface area contributed by atoms with E-state index in [2.05, 4.69) is 5.32 Å². The maximum absolute atomic E-state index is 12.7. The fourth-order valence-electron chi connectivity index (χ4n) is 4.49. The number of amides is 2. The summed E-state index contributed by atoms with van der Waals surface area (Å²) in [5.74, 6) is -0.408. The maximum atomic E-state index is 12.7. The highest BCUT2D eigenvalue weighted by Gasteiger charge is 2.36. The summed E-state index contributed by atoms with van der Waals surface area (Å²) >= 11 is 0. The molecule has 1 aliphatic rings. The van der Waals surface area contributed by atoms with Crippen LogP contribution in [0, 0.1) is 19.8 Å². The van der Waals surface area contributed by atoms with Crippen molar-refractivity contribution in [1.29, 1.82) is 0 Å². The minimum absolute atomic E-state index is 0.0336. The molecule has 0 aromatic heterocycles. The number of carbonyl (C=O) groups excluding carboxylic acids is 3. The zero-order valence-corrected chi connectivity index (χ0v) is 21.3. The van der Waals surface area contributed by atoms with Gasteiger partial charge >= 0.3 is 5.97 Å². The van der Waals surface area contributed by atoms with Crippen LogP contribution >= 0.6 is 0 Å². The lowest BCUT2D eigenvalue weighted by atomic mass is 10.1. The van der Waals surface area contributed by atoms with Crippen molar-refractivity contribution in [2.45, 2.75) is 20.3 Å². The molecule has 0 unspecified atom stereocenters. The molecule has 0 aliphatic carbocycles. The highest BCUT2D eigenvalue weighted by molar-refractivity contribution is 6.00. The molecule has 1 saturated heterocycles. The molecule has 192 valence electrons. The molecule has 2 amide bonds. The first kappa shape index (κ1) is 25.0. The first-order valence-electron chi connectivity index (χ1n) is 12.5. The number of nitrogens with zero attached hydrogens (tertiary/aromatic N) is 1. The van der Waals surface area contributed by atoms with Gasteiger partial charge in [0.15, 0.2) is 6.61 Å². The van der Waals surface area contributed by atoms with Crippen LogP contribution < -0.4 is 15.0 Å². The average Bonchev–Trinajstić information content (AvgIpc) is 3.31. The lowest BCUT2D eigenvalue weighted by Crippen LogP contribution is -2.28. The third-order valence-electron chi connectivity index (χ3n) is 6.72.